The Morgan fingerprint density at radius 2 is 2.04 bits per heavy atom. The van der Waals surface area contributed by atoms with E-state index < -0.39 is 0 Å². The molecule has 0 unspecified atom stereocenters. The summed E-state index contributed by atoms with van der Waals surface area (Å²) in [6.07, 6.45) is 2.79. The second kappa shape index (κ2) is 6.46. The van der Waals surface area contributed by atoms with E-state index in [4.69, 9.17) is 4.74 Å². The average Bonchev–Trinajstić information content (AvgIpc) is 3.12. The molecule has 0 aliphatic carbocycles. The van der Waals surface area contributed by atoms with Gasteiger partial charge in [-0.05, 0) is 48.1 Å². The molecule has 132 valence electrons. The summed E-state index contributed by atoms with van der Waals surface area (Å²) in [6, 6.07) is 10.1. The number of ether oxygens (including phenoxy) is 1. The number of likely N-dealkylation sites (tertiary alicyclic amines) is 1. The van der Waals surface area contributed by atoms with E-state index in [0.29, 0.717) is 0 Å². The first kappa shape index (κ1) is 16.6. The standard InChI is InChI=1S/C20H24N2O2S/c1-21(2)16-5-3-4-15(14-16)19(23)22-10-8-20(9-11-22)17-7-13-25-18(17)6-12-24-20/h3-5,7,13-14H,6,8-12H2,1-2H3. The minimum atomic E-state index is -0.171. The van der Waals surface area contributed by atoms with Crippen LogP contribution >= 0.6 is 11.3 Å². The van der Waals surface area contributed by atoms with E-state index >= 15 is 0 Å². The van der Waals surface area contributed by atoms with E-state index in [1.54, 1.807) is 0 Å². The van der Waals surface area contributed by atoms with Crippen molar-refractivity contribution in [1.29, 1.82) is 0 Å². The second-order valence-electron chi connectivity index (χ2n) is 7.09. The van der Waals surface area contributed by atoms with Gasteiger partial charge in [-0.3, -0.25) is 4.79 Å². The van der Waals surface area contributed by atoms with Crippen LogP contribution in [-0.2, 0) is 16.8 Å². The van der Waals surface area contributed by atoms with Gasteiger partial charge in [-0.25, -0.2) is 0 Å². The van der Waals surface area contributed by atoms with Crippen molar-refractivity contribution in [2.75, 3.05) is 38.7 Å². The molecule has 0 N–H and O–H groups in total. The zero-order valence-corrected chi connectivity index (χ0v) is 15.6. The van der Waals surface area contributed by atoms with E-state index in [0.717, 1.165) is 50.2 Å². The molecular weight excluding hydrogens is 332 g/mol. The Balaban J connectivity index is 1.49. The fourth-order valence-corrected chi connectivity index (χ4v) is 4.89. The van der Waals surface area contributed by atoms with Gasteiger partial charge in [0.05, 0.1) is 12.2 Å². The molecule has 5 heteroatoms. The highest BCUT2D eigenvalue weighted by molar-refractivity contribution is 7.10. The number of anilines is 1. The lowest BCUT2D eigenvalue weighted by atomic mass is 9.82. The summed E-state index contributed by atoms with van der Waals surface area (Å²) in [6.45, 7) is 2.30. The van der Waals surface area contributed by atoms with Crippen LogP contribution in [0.1, 0.15) is 33.6 Å². The van der Waals surface area contributed by atoms with Crippen molar-refractivity contribution in [3.05, 3.63) is 51.7 Å². The van der Waals surface area contributed by atoms with E-state index in [-0.39, 0.29) is 11.5 Å². The predicted octanol–water partition coefficient (Wildman–Crippen LogP) is 3.52. The first-order valence-corrected chi connectivity index (χ1v) is 9.74. The van der Waals surface area contributed by atoms with Crippen LogP contribution in [0.4, 0.5) is 5.69 Å². The maximum absolute atomic E-state index is 12.9. The number of rotatable bonds is 2. The van der Waals surface area contributed by atoms with Crippen LogP contribution in [0.3, 0.4) is 0 Å². The Kier molecular flexibility index (Phi) is 4.29. The summed E-state index contributed by atoms with van der Waals surface area (Å²) < 4.78 is 6.24. The average molecular weight is 356 g/mol. The topological polar surface area (TPSA) is 32.8 Å². The third kappa shape index (κ3) is 2.96. The van der Waals surface area contributed by atoms with Crippen LogP contribution in [0.25, 0.3) is 0 Å². The predicted molar refractivity (Wildman–Crippen MR) is 102 cm³/mol. The monoisotopic (exact) mass is 356 g/mol. The zero-order valence-electron chi connectivity index (χ0n) is 14.8. The van der Waals surface area contributed by atoms with E-state index in [9.17, 15) is 4.79 Å². The van der Waals surface area contributed by atoms with Gasteiger partial charge < -0.3 is 14.5 Å². The molecule has 2 aliphatic rings. The zero-order chi connectivity index (χ0) is 17.4. The Labute approximate surface area is 153 Å². The molecule has 0 saturated carbocycles. The van der Waals surface area contributed by atoms with E-state index in [1.807, 2.05) is 59.5 Å². The molecule has 1 aromatic carbocycles. The van der Waals surface area contributed by atoms with Gasteiger partial charge in [-0.1, -0.05) is 6.07 Å². The van der Waals surface area contributed by atoms with Gasteiger partial charge in [-0.2, -0.15) is 0 Å². The van der Waals surface area contributed by atoms with Gasteiger partial charge >= 0.3 is 0 Å². The number of piperidine rings is 1. The quantitative estimate of drug-likeness (QED) is 0.825. The van der Waals surface area contributed by atoms with Crippen LogP contribution in [-0.4, -0.2) is 44.6 Å². The fourth-order valence-electron chi connectivity index (χ4n) is 3.94. The summed E-state index contributed by atoms with van der Waals surface area (Å²) in [5.74, 6) is 0.125. The molecular formula is C20H24N2O2S. The molecule has 0 atom stereocenters. The lowest BCUT2D eigenvalue weighted by molar-refractivity contribution is -0.0926. The van der Waals surface area contributed by atoms with Gasteiger partial charge in [0.25, 0.3) is 5.91 Å². The molecule has 4 nitrogen and oxygen atoms in total. The minimum Gasteiger partial charge on any atom is -0.378 e. The Hall–Kier alpha value is -1.85. The number of fused-ring (bicyclic) bond motifs is 2. The number of hydrogen-bond donors (Lipinski definition) is 0. The third-order valence-corrected chi connectivity index (χ3v) is 6.39. The van der Waals surface area contributed by atoms with Gasteiger partial charge in [0.15, 0.2) is 0 Å². The molecule has 1 saturated heterocycles. The summed E-state index contributed by atoms with van der Waals surface area (Å²) >= 11 is 1.84. The van der Waals surface area contributed by atoms with Crippen molar-refractivity contribution in [3.8, 4) is 0 Å². The first-order valence-electron chi connectivity index (χ1n) is 8.86. The summed E-state index contributed by atoms with van der Waals surface area (Å²) in [7, 11) is 3.99. The molecule has 1 spiro atoms. The third-order valence-electron chi connectivity index (χ3n) is 5.41. The Bertz CT molecular complexity index is 776. The molecule has 0 radical (unpaired) electrons. The van der Waals surface area contributed by atoms with Crippen LogP contribution in [0.2, 0.25) is 0 Å². The molecule has 1 fully saturated rings. The van der Waals surface area contributed by atoms with Crippen LogP contribution in [0, 0.1) is 0 Å². The number of nitrogens with zero attached hydrogens (tertiary/aromatic N) is 2. The number of carbonyl (C=O) groups is 1. The highest BCUT2D eigenvalue weighted by Gasteiger charge is 2.42. The van der Waals surface area contributed by atoms with Crippen molar-refractivity contribution in [2.45, 2.75) is 24.9 Å². The fraction of sp³-hybridized carbons (Fsp3) is 0.450. The van der Waals surface area contributed by atoms with Crippen LogP contribution < -0.4 is 4.90 Å². The van der Waals surface area contributed by atoms with Gasteiger partial charge in [0, 0.05) is 49.7 Å². The summed E-state index contributed by atoms with van der Waals surface area (Å²) in [5.41, 5.74) is 3.02. The molecule has 3 heterocycles. The Morgan fingerprint density at radius 3 is 2.80 bits per heavy atom. The van der Waals surface area contributed by atoms with Gasteiger partial charge in [0.2, 0.25) is 0 Å². The maximum Gasteiger partial charge on any atom is 0.253 e. The molecule has 1 amide bonds. The maximum atomic E-state index is 12.9. The first-order chi connectivity index (χ1) is 12.1. The number of benzene rings is 1. The van der Waals surface area contributed by atoms with Crippen molar-refractivity contribution in [3.63, 3.8) is 0 Å². The van der Waals surface area contributed by atoms with Crippen LogP contribution in [0.15, 0.2) is 35.7 Å². The normalized spacial score (nSPS) is 18.9. The SMILES string of the molecule is CN(C)c1cccc(C(=O)N2CCC3(CC2)OCCc2sccc23)c1. The van der Waals surface area contributed by atoms with Gasteiger partial charge in [-0.15, -0.1) is 11.3 Å². The number of hydrogen-bond acceptors (Lipinski definition) is 4. The molecule has 4 rings (SSSR count). The minimum absolute atomic E-state index is 0.125. The Morgan fingerprint density at radius 1 is 1.24 bits per heavy atom. The van der Waals surface area contributed by atoms with Crippen LogP contribution in [0.5, 0.6) is 0 Å². The van der Waals surface area contributed by atoms with Crippen molar-refractivity contribution in [1.82, 2.24) is 4.90 Å². The smallest absolute Gasteiger partial charge is 0.253 e. The van der Waals surface area contributed by atoms with Gasteiger partial charge in [0.1, 0.15) is 0 Å². The summed E-state index contributed by atoms with van der Waals surface area (Å²) in [5, 5.41) is 2.17. The van der Waals surface area contributed by atoms with Crippen molar-refractivity contribution >= 4 is 22.9 Å². The number of thiophene rings is 1. The number of carbonyl (C=O) groups excluding carboxylic acids is 1. The van der Waals surface area contributed by atoms with E-state index in [1.165, 1.54) is 10.4 Å². The van der Waals surface area contributed by atoms with Crippen molar-refractivity contribution < 1.29 is 9.53 Å². The largest absolute Gasteiger partial charge is 0.378 e. The highest BCUT2D eigenvalue weighted by Crippen LogP contribution is 2.43. The molecule has 0 bridgehead atoms. The van der Waals surface area contributed by atoms with Crippen molar-refractivity contribution in [2.24, 2.45) is 0 Å². The molecule has 2 aliphatic heterocycles. The second-order valence-corrected chi connectivity index (χ2v) is 8.09. The van der Waals surface area contributed by atoms with E-state index in [2.05, 4.69) is 11.4 Å². The summed E-state index contributed by atoms with van der Waals surface area (Å²) in [4.78, 5) is 18.4. The lowest BCUT2D eigenvalue weighted by Crippen LogP contribution is -2.48. The lowest BCUT2D eigenvalue weighted by Gasteiger charge is -2.44. The molecule has 2 aromatic rings. The molecule has 1 aromatic heterocycles. The molecule has 25 heavy (non-hydrogen) atoms. The number of amides is 1. The highest BCUT2D eigenvalue weighted by atomic mass is 32.1.